The summed E-state index contributed by atoms with van der Waals surface area (Å²) in [5.74, 6) is -0.434. The summed E-state index contributed by atoms with van der Waals surface area (Å²) >= 11 is 0. The second kappa shape index (κ2) is 4.40. The Balaban J connectivity index is 2.13. The number of imide groups is 1. The van der Waals surface area contributed by atoms with Crippen molar-refractivity contribution >= 4 is 11.8 Å². The third-order valence-corrected chi connectivity index (χ3v) is 2.64. The number of amides is 2. The number of piperidine rings is 1. The summed E-state index contributed by atoms with van der Waals surface area (Å²) < 4.78 is 0. The van der Waals surface area contributed by atoms with Crippen LogP contribution in [0.4, 0.5) is 0 Å². The van der Waals surface area contributed by atoms with Crippen LogP contribution in [0.25, 0.3) is 0 Å². The molecule has 2 N–H and O–H groups in total. The molecular weight excluding hydrogens is 206 g/mol. The van der Waals surface area contributed by atoms with E-state index < -0.39 is 6.04 Å². The molecule has 0 aromatic carbocycles. The van der Waals surface area contributed by atoms with E-state index in [-0.39, 0.29) is 18.4 Å². The number of carbonyl (C=O) groups is 2. The first kappa shape index (κ1) is 10.8. The summed E-state index contributed by atoms with van der Waals surface area (Å²) in [5, 5.41) is 0. The number of aromatic nitrogens is 1. The van der Waals surface area contributed by atoms with Crippen LogP contribution in [0.3, 0.4) is 0 Å². The third kappa shape index (κ3) is 2.09. The highest BCUT2D eigenvalue weighted by Gasteiger charge is 2.31. The Kier molecular flexibility index (Phi) is 2.96. The molecule has 0 aliphatic carbocycles. The average Bonchev–Trinajstić information content (AvgIpc) is 2.31. The zero-order valence-electron chi connectivity index (χ0n) is 8.80. The van der Waals surface area contributed by atoms with E-state index in [0.29, 0.717) is 12.8 Å². The van der Waals surface area contributed by atoms with Crippen molar-refractivity contribution in [2.75, 3.05) is 0 Å². The van der Waals surface area contributed by atoms with E-state index in [0.717, 1.165) is 5.56 Å². The van der Waals surface area contributed by atoms with Crippen molar-refractivity contribution in [1.29, 1.82) is 0 Å². The Morgan fingerprint density at radius 1 is 1.38 bits per heavy atom. The van der Waals surface area contributed by atoms with Crippen molar-refractivity contribution in [3.8, 4) is 0 Å². The number of hydrogen-bond acceptors (Lipinski definition) is 4. The van der Waals surface area contributed by atoms with Crippen molar-refractivity contribution in [2.45, 2.75) is 25.4 Å². The minimum Gasteiger partial charge on any atom is -0.320 e. The van der Waals surface area contributed by atoms with Gasteiger partial charge in [0.1, 0.15) is 0 Å². The van der Waals surface area contributed by atoms with Crippen LogP contribution in [-0.4, -0.2) is 27.7 Å². The van der Waals surface area contributed by atoms with Gasteiger partial charge in [0.25, 0.3) is 0 Å². The van der Waals surface area contributed by atoms with E-state index in [2.05, 4.69) is 4.98 Å². The molecule has 1 unspecified atom stereocenters. The molecule has 0 spiro atoms. The number of pyridine rings is 1. The summed E-state index contributed by atoms with van der Waals surface area (Å²) in [6.07, 6.45) is 4.06. The molecule has 5 nitrogen and oxygen atoms in total. The smallest absolute Gasteiger partial charge is 0.246 e. The maximum atomic E-state index is 11.7. The monoisotopic (exact) mass is 219 g/mol. The van der Waals surface area contributed by atoms with Crippen molar-refractivity contribution in [3.63, 3.8) is 0 Å². The molecule has 2 amide bonds. The maximum Gasteiger partial charge on any atom is 0.246 e. The number of nitrogens with zero attached hydrogens (tertiary/aromatic N) is 2. The number of hydrogen-bond donors (Lipinski definition) is 1. The lowest BCUT2D eigenvalue weighted by atomic mass is 10.0. The van der Waals surface area contributed by atoms with E-state index >= 15 is 0 Å². The lowest BCUT2D eigenvalue weighted by Gasteiger charge is -2.28. The highest BCUT2D eigenvalue weighted by Crippen LogP contribution is 2.14. The molecule has 1 fully saturated rings. The largest absolute Gasteiger partial charge is 0.320 e. The third-order valence-electron chi connectivity index (χ3n) is 2.64. The first-order valence-electron chi connectivity index (χ1n) is 5.17. The average molecular weight is 219 g/mol. The highest BCUT2D eigenvalue weighted by molar-refractivity contribution is 6.00. The molecule has 2 heterocycles. The van der Waals surface area contributed by atoms with Crippen LogP contribution in [0, 0.1) is 0 Å². The number of likely N-dealkylation sites (tertiary alicyclic amines) is 1. The Bertz CT molecular complexity index is 405. The van der Waals surface area contributed by atoms with E-state index in [1.54, 1.807) is 24.5 Å². The van der Waals surface area contributed by atoms with E-state index in [4.69, 9.17) is 5.73 Å². The minimum atomic E-state index is -0.542. The highest BCUT2D eigenvalue weighted by atomic mass is 16.2. The zero-order chi connectivity index (χ0) is 11.5. The molecule has 1 aromatic heterocycles. The normalized spacial score (nSPS) is 21.3. The maximum absolute atomic E-state index is 11.7. The first-order chi connectivity index (χ1) is 7.68. The van der Waals surface area contributed by atoms with Crippen LogP contribution in [0.15, 0.2) is 24.5 Å². The zero-order valence-corrected chi connectivity index (χ0v) is 8.80. The van der Waals surface area contributed by atoms with Crippen molar-refractivity contribution < 1.29 is 9.59 Å². The molecule has 0 saturated carbocycles. The van der Waals surface area contributed by atoms with Crippen molar-refractivity contribution in [3.05, 3.63) is 30.1 Å². The molecule has 0 radical (unpaired) electrons. The minimum absolute atomic E-state index is 0.150. The molecule has 5 heteroatoms. The van der Waals surface area contributed by atoms with Gasteiger partial charge in [0.15, 0.2) is 0 Å². The standard InChI is InChI=1S/C11H13N3O2/c12-9-1-2-10(15)14(11(9)16)7-8-3-5-13-6-4-8/h3-6,9H,1-2,7,12H2. The number of rotatable bonds is 2. The van der Waals surface area contributed by atoms with Gasteiger partial charge in [-0.2, -0.15) is 0 Å². The molecule has 1 aliphatic heterocycles. The Morgan fingerprint density at radius 2 is 2.06 bits per heavy atom. The number of nitrogens with two attached hydrogens (primary N) is 1. The van der Waals surface area contributed by atoms with Crippen LogP contribution < -0.4 is 5.73 Å². The van der Waals surface area contributed by atoms with Crippen LogP contribution in [0.5, 0.6) is 0 Å². The van der Waals surface area contributed by atoms with E-state index in [9.17, 15) is 9.59 Å². The fraction of sp³-hybridized carbons (Fsp3) is 0.364. The van der Waals surface area contributed by atoms with Crippen LogP contribution in [0.2, 0.25) is 0 Å². The predicted molar refractivity (Wildman–Crippen MR) is 57.0 cm³/mol. The molecule has 84 valence electrons. The predicted octanol–water partition coefficient (Wildman–Crippen LogP) is 0.0579. The molecule has 2 rings (SSSR count). The summed E-state index contributed by atoms with van der Waals surface area (Å²) in [6, 6.07) is 3.01. The quantitative estimate of drug-likeness (QED) is 0.713. The molecule has 1 aliphatic rings. The molecule has 1 atom stereocenters. The first-order valence-corrected chi connectivity index (χ1v) is 5.17. The van der Waals surface area contributed by atoms with Gasteiger partial charge in [-0.25, -0.2) is 0 Å². The lowest BCUT2D eigenvalue weighted by Crippen LogP contribution is -2.50. The summed E-state index contributed by atoms with van der Waals surface area (Å²) in [4.78, 5) is 28.4. The lowest BCUT2D eigenvalue weighted by molar-refractivity contribution is -0.149. The summed E-state index contributed by atoms with van der Waals surface area (Å²) in [5.41, 5.74) is 6.51. The molecule has 1 saturated heterocycles. The second-order valence-corrected chi connectivity index (χ2v) is 3.82. The Hall–Kier alpha value is -1.75. The van der Waals surface area contributed by atoms with Crippen molar-refractivity contribution in [1.82, 2.24) is 9.88 Å². The van der Waals surface area contributed by atoms with Crippen LogP contribution in [-0.2, 0) is 16.1 Å². The molecule has 0 bridgehead atoms. The van der Waals surface area contributed by atoms with Gasteiger partial charge in [-0.05, 0) is 24.1 Å². The molecule has 16 heavy (non-hydrogen) atoms. The van der Waals surface area contributed by atoms with Gasteiger partial charge in [-0.1, -0.05) is 0 Å². The summed E-state index contributed by atoms with van der Waals surface area (Å²) in [7, 11) is 0. The van der Waals surface area contributed by atoms with Gasteiger partial charge in [0.2, 0.25) is 11.8 Å². The van der Waals surface area contributed by atoms with Gasteiger partial charge in [0.05, 0.1) is 12.6 Å². The fourth-order valence-corrected chi connectivity index (χ4v) is 1.70. The summed E-state index contributed by atoms with van der Waals surface area (Å²) in [6.45, 7) is 0.286. The number of carbonyl (C=O) groups excluding carboxylic acids is 2. The van der Waals surface area contributed by atoms with Gasteiger partial charge in [-0.3, -0.25) is 19.5 Å². The van der Waals surface area contributed by atoms with Crippen LogP contribution >= 0.6 is 0 Å². The van der Waals surface area contributed by atoms with Gasteiger partial charge >= 0.3 is 0 Å². The van der Waals surface area contributed by atoms with E-state index in [1.807, 2.05) is 0 Å². The Morgan fingerprint density at radius 3 is 2.75 bits per heavy atom. The topological polar surface area (TPSA) is 76.3 Å². The van der Waals surface area contributed by atoms with E-state index in [1.165, 1.54) is 4.90 Å². The Labute approximate surface area is 93.3 Å². The van der Waals surface area contributed by atoms with Crippen LogP contribution in [0.1, 0.15) is 18.4 Å². The molecule has 1 aromatic rings. The second-order valence-electron chi connectivity index (χ2n) is 3.82. The van der Waals surface area contributed by atoms with Gasteiger partial charge < -0.3 is 5.73 Å². The van der Waals surface area contributed by atoms with Gasteiger partial charge in [0, 0.05) is 18.8 Å². The molecular formula is C11H13N3O2. The fourth-order valence-electron chi connectivity index (χ4n) is 1.70. The van der Waals surface area contributed by atoms with Crippen molar-refractivity contribution in [2.24, 2.45) is 5.73 Å². The van der Waals surface area contributed by atoms with Gasteiger partial charge in [-0.15, -0.1) is 0 Å². The SMILES string of the molecule is NC1CCC(=O)N(Cc2ccncc2)C1=O.